The monoisotopic (exact) mass is 476 g/mol. The topological polar surface area (TPSA) is 88.4 Å². The summed E-state index contributed by atoms with van der Waals surface area (Å²) in [5, 5.41) is 9.11. The molecule has 2 N–H and O–H groups in total. The molecule has 2 aromatic carbocycles. The third kappa shape index (κ3) is 5.27. The predicted octanol–water partition coefficient (Wildman–Crippen LogP) is 4.60. The highest BCUT2D eigenvalue weighted by atomic mass is 79.9. The van der Waals surface area contributed by atoms with E-state index >= 15 is 0 Å². The minimum absolute atomic E-state index is 0.0244. The van der Waals surface area contributed by atoms with Crippen LogP contribution in [-0.2, 0) is 21.2 Å². The fourth-order valence-corrected chi connectivity index (χ4v) is 4.04. The first-order valence-corrected chi connectivity index (χ1v) is 11.6. The van der Waals surface area contributed by atoms with Gasteiger partial charge in [0.05, 0.1) is 18.4 Å². The van der Waals surface area contributed by atoms with Gasteiger partial charge in [-0.25, -0.2) is 8.42 Å². The van der Waals surface area contributed by atoms with E-state index in [1.807, 2.05) is 54.0 Å². The summed E-state index contributed by atoms with van der Waals surface area (Å²) in [7, 11) is -3.37. The second-order valence-electron chi connectivity index (χ2n) is 6.82. The molecular weight excluding hydrogens is 456 g/mol. The van der Waals surface area contributed by atoms with Crippen molar-refractivity contribution in [2.45, 2.75) is 19.8 Å². The number of rotatable bonds is 7. The summed E-state index contributed by atoms with van der Waals surface area (Å²) in [6.07, 6.45) is 1.52. The number of anilines is 1. The van der Waals surface area contributed by atoms with Gasteiger partial charge < -0.3 is 9.67 Å². The maximum Gasteiger partial charge on any atom is 0.303 e. The van der Waals surface area contributed by atoms with Crippen molar-refractivity contribution in [3.8, 4) is 16.9 Å². The Kier molecular flexibility index (Phi) is 6.14. The lowest BCUT2D eigenvalue weighted by Gasteiger charge is -2.17. The van der Waals surface area contributed by atoms with Gasteiger partial charge >= 0.3 is 5.97 Å². The second-order valence-corrected chi connectivity index (χ2v) is 9.49. The van der Waals surface area contributed by atoms with Crippen LogP contribution in [-0.4, -0.2) is 30.3 Å². The number of carboxylic acids is 1. The van der Waals surface area contributed by atoms with Crippen LogP contribution in [0.1, 0.15) is 17.7 Å². The van der Waals surface area contributed by atoms with Crippen LogP contribution in [0.4, 0.5) is 5.69 Å². The highest BCUT2D eigenvalue weighted by Gasteiger charge is 2.15. The fourth-order valence-electron chi connectivity index (χ4n) is 3.22. The van der Waals surface area contributed by atoms with Crippen molar-refractivity contribution in [3.63, 3.8) is 0 Å². The van der Waals surface area contributed by atoms with Crippen LogP contribution in [0.2, 0.25) is 0 Å². The Hall–Kier alpha value is -2.58. The van der Waals surface area contributed by atoms with Gasteiger partial charge in [-0.2, -0.15) is 0 Å². The van der Waals surface area contributed by atoms with Crippen LogP contribution < -0.4 is 4.72 Å². The lowest BCUT2D eigenvalue weighted by molar-refractivity contribution is -0.136. The molecule has 3 rings (SSSR count). The van der Waals surface area contributed by atoms with Crippen LogP contribution in [0.3, 0.4) is 0 Å². The zero-order chi connectivity index (χ0) is 21.2. The molecule has 0 fully saturated rings. The molecule has 0 aliphatic heterocycles. The molecule has 0 unspecified atom stereocenters. The van der Waals surface area contributed by atoms with Crippen LogP contribution in [0, 0.1) is 6.92 Å². The van der Waals surface area contributed by atoms with E-state index in [9.17, 15) is 13.2 Å². The van der Waals surface area contributed by atoms with Gasteiger partial charge in [-0.05, 0) is 66.9 Å². The smallest absolute Gasteiger partial charge is 0.303 e. The van der Waals surface area contributed by atoms with Crippen LogP contribution in [0.5, 0.6) is 0 Å². The standard InChI is InChI=1S/C21H21BrN2O4S/c1-14-13-17(23-29(2,27)28)7-10-19(14)24-18(9-12-21(25)26)8-11-20(24)15-3-5-16(22)6-4-15/h3-8,10-11,13,23H,9,12H2,1-2H3,(H,25,26). The molecule has 0 bridgehead atoms. The lowest BCUT2D eigenvalue weighted by Crippen LogP contribution is -2.11. The summed E-state index contributed by atoms with van der Waals surface area (Å²) < 4.78 is 28.5. The summed E-state index contributed by atoms with van der Waals surface area (Å²) in [4.78, 5) is 11.1. The molecule has 1 aromatic heterocycles. The van der Waals surface area contributed by atoms with Crippen molar-refractivity contribution < 1.29 is 18.3 Å². The van der Waals surface area contributed by atoms with E-state index < -0.39 is 16.0 Å². The molecule has 6 nitrogen and oxygen atoms in total. The SMILES string of the molecule is Cc1cc(NS(C)(=O)=O)ccc1-n1c(CCC(=O)O)ccc1-c1ccc(Br)cc1. The molecule has 152 valence electrons. The molecule has 1 heterocycles. The number of benzene rings is 2. The van der Waals surface area contributed by atoms with Crippen LogP contribution >= 0.6 is 15.9 Å². The number of nitrogens with zero attached hydrogens (tertiary/aromatic N) is 1. The number of carbonyl (C=O) groups is 1. The summed E-state index contributed by atoms with van der Waals surface area (Å²) in [5.41, 5.74) is 5.02. The van der Waals surface area contributed by atoms with E-state index in [2.05, 4.69) is 20.7 Å². The van der Waals surface area contributed by atoms with Crippen LogP contribution in [0.15, 0.2) is 59.1 Å². The van der Waals surface area contributed by atoms with Crippen molar-refractivity contribution >= 4 is 37.6 Å². The van der Waals surface area contributed by atoms with Gasteiger partial charge in [0.1, 0.15) is 0 Å². The van der Waals surface area contributed by atoms with E-state index in [4.69, 9.17) is 5.11 Å². The number of hydrogen-bond donors (Lipinski definition) is 2. The average Bonchev–Trinajstić information content (AvgIpc) is 3.03. The molecule has 0 aliphatic carbocycles. The Morgan fingerprint density at radius 2 is 1.79 bits per heavy atom. The Morgan fingerprint density at radius 3 is 2.38 bits per heavy atom. The molecule has 29 heavy (non-hydrogen) atoms. The average molecular weight is 477 g/mol. The zero-order valence-corrected chi connectivity index (χ0v) is 18.4. The summed E-state index contributed by atoms with van der Waals surface area (Å²) in [5.74, 6) is -0.854. The van der Waals surface area contributed by atoms with E-state index in [0.717, 1.165) is 38.9 Å². The first kappa shape index (κ1) is 21.1. The lowest BCUT2D eigenvalue weighted by atomic mass is 10.1. The fraction of sp³-hybridized carbons (Fsp3) is 0.190. The molecule has 0 atom stereocenters. The number of aliphatic carboxylic acids is 1. The van der Waals surface area contributed by atoms with Gasteiger partial charge in [0.15, 0.2) is 0 Å². The van der Waals surface area contributed by atoms with Crippen molar-refractivity contribution in [2.24, 2.45) is 0 Å². The third-order valence-corrected chi connectivity index (χ3v) is 5.57. The first-order chi connectivity index (χ1) is 13.6. The molecule has 0 amide bonds. The Morgan fingerprint density at radius 1 is 1.10 bits per heavy atom. The number of sulfonamides is 1. The Labute approximate surface area is 178 Å². The molecule has 3 aromatic rings. The van der Waals surface area contributed by atoms with Gasteiger partial charge in [0.25, 0.3) is 0 Å². The Bertz CT molecular complexity index is 1150. The van der Waals surface area contributed by atoms with Gasteiger partial charge in [-0.1, -0.05) is 28.1 Å². The minimum Gasteiger partial charge on any atom is -0.481 e. The largest absolute Gasteiger partial charge is 0.481 e. The zero-order valence-electron chi connectivity index (χ0n) is 16.0. The molecule has 0 saturated carbocycles. The minimum atomic E-state index is -3.37. The summed E-state index contributed by atoms with van der Waals surface area (Å²) in [6.45, 7) is 1.90. The number of carboxylic acid groups (broad SMARTS) is 1. The quantitative estimate of drug-likeness (QED) is 0.521. The number of hydrogen-bond acceptors (Lipinski definition) is 3. The van der Waals surface area contributed by atoms with Crippen molar-refractivity contribution in [1.29, 1.82) is 0 Å². The predicted molar refractivity (Wildman–Crippen MR) is 118 cm³/mol. The van der Waals surface area contributed by atoms with E-state index in [1.54, 1.807) is 12.1 Å². The molecule has 0 radical (unpaired) electrons. The molecule has 8 heteroatoms. The molecular formula is C21H21BrN2O4S. The third-order valence-electron chi connectivity index (χ3n) is 4.44. The van der Waals surface area contributed by atoms with Crippen LogP contribution in [0.25, 0.3) is 16.9 Å². The molecule has 0 saturated heterocycles. The Balaban J connectivity index is 2.11. The highest BCUT2D eigenvalue weighted by Crippen LogP contribution is 2.31. The molecule has 0 spiro atoms. The number of aryl methyl sites for hydroxylation is 2. The highest BCUT2D eigenvalue weighted by molar-refractivity contribution is 9.10. The van der Waals surface area contributed by atoms with Gasteiger partial charge in [-0.3, -0.25) is 9.52 Å². The first-order valence-electron chi connectivity index (χ1n) is 8.91. The maximum atomic E-state index is 11.5. The summed E-state index contributed by atoms with van der Waals surface area (Å²) >= 11 is 3.44. The summed E-state index contributed by atoms with van der Waals surface area (Å²) in [6, 6.07) is 17.1. The number of aromatic nitrogens is 1. The second kappa shape index (κ2) is 8.42. The number of nitrogens with one attached hydrogen (secondary N) is 1. The van der Waals surface area contributed by atoms with Crippen molar-refractivity contribution in [1.82, 2.24) is 4.57 Å². The molecule has 0 aliphatic rings. The van der Waals surface area contributed by atoms with Gasteiger partial charge in [0, 0.05) is 21.5 Å². The van der Waals surface area contributed by atoms with E-state index in [1.165, 1.54) is 0 Å². The van der Waals surface area contributed by atoms with Gasteiger partial charge in [0.2, 0.25) is 10.0 Å². The van der Waals surface area contributed by atoms with E-state index in [0.29, 0.717) is 12.1 Å². The van der Waals surface area contributed by atoms with Crippen molar-refractivity contribution in [3.05, 3.63) is 70.3 Å². The maximum absolute atomic E-state index is 11.5. The normalized spacial score (nSPS) is 11.4. The van der Waals surface area contributed by atoms with E-state index in [-0.39, 0.29) is 6.42 Å². The van der Waals surface area contributed by atoms with Gasteiger partial charge in [-0.15, -0.1) is 0 Å². The number of halogens is 1. The van der Waals surface area contributed by atoms with Crippen molar-refractivity contribution in [2.75, 3.05) is 11.0 Å².